The second-order valence-corrected chi connectivity index (χ2v) is 9.61. The summed E-state index contributed by atoms with van der Waals surface area (Å²) < 4.78 is 0. The van der Waals surface area contributed by atoms with Crippen LogP contribution < -0.4 is 32.7 Å². The number of Topliss-reactive ketones (excluding diaryl/α,β-unsaturated/α-hetero) is 1. The summed E-state index contributed by atoms with van der Waals surface area (Å²) in [7, 11) is 0. The Kier molecular flexibility index (Phi) is 7.58. The summed E-state index contributed by atoms with van der Waals surface area (Å²) in [5.41, 5.74) is 9.61. The number of carbonyl (C=O) groups excluding carboxylic acids is 5. The van der Waals surface area contributed by atoms with E-state index in [1.54, 1.807) is 4.90 Å². The molecule has 0 aromatic carbocycles. The van der Waals surface area contributed by atoms with Gasteiger partial charge in [0, 0.05) is 19.6 Å². The van der Waals surface area contributed by atoms with E-state index in [4.69, 9.17) is 11.5 Å². The van der Waals surface area contributed by atoms with E-state index >= 15 is 0 Å². The maximum atomic E-state index is 13.6. The predicted octanol–water partition coefficient (Wildman–Crippen LogP) is -2.31. The number of nitrogens with one attached hydrogen (secondary N) is 4. The molecule has 5 amide bonds. The Morgan fingerprint density at radius 1 is 1.12 bits per heavy atom. The van der Waals surface area contributed by atoms with Gasteiger partial charge in [-0.15, -0.1) is 0 Å². The molecule has 3 fully saturated rings. The highest BCUT2D eigenvalue weighted by Gasteiger charge is 2.60. The Balaban J connectivity index is 1.74. The molecule has 4 atom stereocenters. The van der Waals surface area contributed by atoms with E-state index < -0.39 is 35.6 Å². The number of piperazine rings is 2. The zero-order chi connectivity index (χ0) is 24.3. The quantitative estimate of drug-likeness (QED) is 0.195. The maximum absolute atomic E-state index is 13.6. The van der Waals surface area contributed by atoms with E-state index in [0.717, 1.165) is 0 Å². The van der Waals surface area contributed by atoms with Gasteiger partial charge >= 0.3 is 6.03 Å². The van der Waals surface area contributed by atoms with Crippen LogP contribution in [0.4, 0.5) is 4.79 Å². The van der Waals surface area contributed by atoms with Crippen molar-refractivity contribution in [1.82, 2.24) is 26.2 Å². The zero-order valence-electron chi connectivity index (χ0n) is 19.2. The number of rotatable bonds is 10. The van der Waals surface area contributed by atoms with E-state index in [1.165, 1.54) is 0 Å². The van der Waals surface area contributed by atoms with Crippen LogP contribution in [0, 0.1) is 5.92 Å². The van der Waals surface area contributed by atoms with Gasteiger partial charge in [-0.2, -0.15) is 0 Å². The van der Waals surface area contributed by atoms with Crippen molar-refractivity contribution in [3.8, 4) is 0 Å². The fourth-order valence-corrected chi connectivity index (χ4v) is 4.82. The molecule has 0 spiro atoms. The van der Waals surface area contributed by atoms with Gasteiger partial charge < -0.3 is 32.7 Å². The number of hydrogen-bond donors (Lipinski definition) is 6. The predicted molar refractivity (Wildman–Crippen MR) is 119 cm³/mol. The molecule has 2 heterocycles. The molecule has 2 saturated heterocycles. The molecule has 0 unspecified atom stereocenters. The van der Waals surface area contributed by atoms with Crippen molar-refractivity contribution >= 4 is 29.5 Å². The van der Waals surface area contributed by atoms with Crippen molar-refractivity contribution in [3.05, 3.63) is 0 Å². The molecule has 2 aliphatic heterocycles. The smallest absolute Gasteiger partial charge is 0.312 e. The monoisotopic (exact) mass is 465 g/mol. The van der Waals surface area contributed by atoms with Gasteiger partial charge in [0.2, 0.25) is 17.7 Å². The van der Waals surface area contributed by atoms with Crippen molar-refractivity contribution in [1.29, 1.82) is 0 Å². The van der Waals surface area contributed by atoms with Crippen LogP contribution in [0.5, 0.6) is 0 Å². The number of ketones is 1. The van der Waals surface area contributed by atoms with E-state index in [0.29, 0.717) is 44.6 Å². The first-order valence-corrected chi connectivity index (χ1v) is 11.5. The number of nitrogens with zero attached hydrogens (tertiary/aromatic N) is 1. The summed E-state index contributed by atoms with van der Waals surface area (Å²) in [6, 6.07) is -3.27. The van der Waals surface area contributed by atoms with Crippen LogP contribution in [0.25, 0.3) is 0 Å². The Morgan fingerprint density at radius 3 is 2.33 bits per heavy atom. The lowest BCUT2D eigenvalue weighted by Gasteiger charge is -2.44. The first kappa shape index (κ1) is 24.9. The van der Waals surface area contributed by atoms with Gasteiger partial charge in [0.1, 0.15) is 12.1 Å². The van der Waals surface area contributed by atoms with Crippen LogP contribution in [0.1, 0.15) is 46.0 Å². The number of amides is 5. The molecule has 3 aliphatic rings. The Morgan fingerprint density at radius 2 is 1.79 bits per heavy atom. The van der Waals surface area contributed by atoms with Crippen LogP contribution in [-0.4, -0.2) is 83.8 Å². The van der Waals surface area contributed by atoms with Crippen molar-refractivity contribution < 1.29 is 24.0 Å². The maximum Gasteiger partial charge on any atom is 0.312 e. The lowest BCUT2D eigenvalue weighted by Crippen LogP contribution is -2.70. The summed E-state index contributed by atoms with van der Waals surface area (Å²) in [4.78, 5) is 63.5. The van der Waals surface area contributed by atoms with E-state index in [2.05, 4.69) is 21.3 Å². The molecule has 1 aliphatic carbocycles. The van der Waals surface area contributed by atoms with Crippen LogP contribution in [0.3, 0.4) is 0 Å². The molecule has 184 valence electrons. The summed E-state index contributed by atoms with van der Waals surface area (Å²) in [6.45, 7) is 4.77. The average Bonchev–Trinajstić information content (AvgIpc) is 3.54. The molecule has 0 aromatic heterocycles. The van der Waals surface area contributed by atoms with Crippen molar-refractivity contribution in [2.24, 2.45) is 17.4 Å². The third-order valence-corrected chi connectivity index (χ3v) is 6.63. The van der Waals surface area contributed by atoms with Gasteiger partial charge in [-0.05, 0) is 38.0 Å². The minimum absolute atomic E-state index is 0.116. The molecule has 0 aromatic rings. The largest absolute Gasteiger partial charge is 0.368 e. The van der Waals surface area contributed by atoms with E-state index in [-0.39, 0.29) is 36.7 Å². The Labute approximate surface area is 192 Å². The van der Waals surface area contributed by atoms with Gasteiger partial charge in [-0.1, -0.05) is 13.8 Å². The van der Waals surface area contributed by atoms with Crippen LogP contribution in [0.15, 0.2) is 0 Å². The lowest BCUT2D eigenvalue weighted by atomic mass is 9.92. The number of nitrogens with two attached hydrogens (primary N) is 2. The van der Waals surface area contributed by atoms with Crippen LogP contribution in [-0.2, 0) is 19.2 Å². The van der Waals surface area contributed by atoms with E-state index in [9.17, 15) is 24.0 Å². The minimum atomic E-state index is -0.933. The molecule has 12 nitrogen and oxygen atoms in total. The third kappa shape index (κ3) is 5.61. The standard InChI is InChI=1S/C21H35N7O5/c1-11(2)8-12-18(31)26-13(9-25-12)16(29)21(5-6-21)28-10-14(17(22)30)27-19(32)15(28)4-3-7-24-20(23)33/h11-15,25H,3-10H2,1-2H3,(H2,22,30)(H,26,31)(H,27,32)(H3,23,24,33)/t12-,13+,14+,15-/m0/s1. The molecule has 1 saturated carbocycles. The lowest BCUT2D eigenvalue weighted by molar-refractivity contribution is -0.144. The topological polar surface area (TPSA) is 189 Å². The van der Waals surface area contributed by atoms with Crippen LogP contribution >= 0.6 is 0 Å². The Hall–Kier alpha value is -2.73. The molecule has 12 heteroatoms. The molecule has 33 heavy (non-hydrogen) atoms. The van der Waals surface area contributed by atoms with Crippen LogP contribution in [0.2, 0.25) is 0 Å². The average molecular weight is 466 g/mol. The summed E-state index contributed by atoms with van der Waals surface area (Å²) in [6.07, 6.45) is 2.55. The van der Waals surface area contributed by atoms with Gasteiger partial charge in [0.25, 0.3) is 0 Å². The number of carbonyl (C=O) groups is 5. The first-order valence-electron chi connectivity index (χ1n) is 11.5. The second kappa shape index (κ2) is 10.0. The van der Waals surface area contributed by atoms with Crippen molar-refractivity contribution in [3.63, 3.8) is 0 Å². The van der Waals surface area contributed by atoms with Gasteiger partial charge in [0.15, 0.2) is 5.78 Å². The van der Waals surface area contributed by atoms with Gasteiger partial charge in [-0.25, -0.2) is 4.79 Å². The minimum Gasteiger partial charge on any atom is -0.368 e. The van der Waals surface area contributed by atoms with Gasteiger partial charge in [-0.3, -0.25) is 24.1 Å². The SMILES string of the molecule is CC(C)C[C@@H]1NC[C@H](C(=O)C2(N3C[C@H](C(N)=O)NC(=O)[C@@H]3CCCNC(N)=O)CC2)NC1=O. The Bertz CT molecular complexity index is 813. The number of urea groups is 1. The normalized spacial score (nSPS) is 29.2. The fourth-order valence-electron chi connectivity index (χ4n) is 4.82. The van der Waals surface area contributed by atoms with Crippen molar-refractivity contribution in [2.75, 3.05) is 19.6 Å². The highest BCUT2D eigenvalue weighted by molar-refractivity contribution is 6.00. The van der Waals surface area contributed by atoms with Crippen molar-refractivity contribution in [2.45, 2.75) is 75.7 Å². The summed E-state index contributed by atoms with van der Waals surface area (Å²) in [5, 5.41) is 11.1. The third-order valence-electron chi connectivity index (χ3n) is 6.63. The molecular formula is C21H35N7O5. The zero-order valence-corrected chi connectivity index (χ0v) is 19.2. The molecule has 3 rings (SSSR count). The molecule has 0 bridgehead atoms. The molecule has 8 N–H and O–H groups in total. The summed E-state index contributed by atoms with van der Waals surface area (Å²) >= 11 is 0. The summed E-state index contributed by atoms with van der Waals surface area (Å²) in [5.74, 6) is -1.09. The van der Waals surface area contributed by atoms with E-state index in [1.807, 2.05) is 13.8 Å². The number of hydrogen-bond acceptors (Lipinski definition) is 7. The molecular weight excluding hydrogens is 430 g/mol. The second-order valence-electron chi connectivity index (χ2n) is 9.61. The molecule has 0 radical (unpaired) electrons. The highest BCUT2D eigenvalue weighted by atomic mass is 16.2. The van der Waals surface area contributed by atoms with Gasteiger partial charge in [0.05, 0.1) is 17.6 Å². The highest BCUT2D eigenvalue weighted by Crippen LogP contribution is 2.46. The number of primary amides is 2. The first-order chi connectivity index (χ1) is 15.5. The fraction of sp³-hybridized carbons (Fsp3) is 0.762.